The molecule has 1 fully saturated rings. The summed E-state index contributed by atoms with van der Waals surface area (Å²) in [5.74, 6) is -0.763. The predicted molar refractivity (Wildman–Crippen MR) is 69.9 cm³/mol. The summed E-state index contributed by atoms with van der Waals surface area (Å²) in [6.07, 6.45) is -0.742. The summed E-state index contributed by atoms with van der Waals surface area (Å²) >= 11 is 0. The average Bonchev–Trinajstić information content (AvgIpc) is 2.46. The maximum absolute atomic E-state index is 13.7. The Hall–Kier alpha value is -1.66. The molecule has 1 heterocycles. The Labute approximate surface area is 116 Å². The van der Waals surface area contributed by atoms with Crippen molar-refractivity contribution >= 4 is 5.91 Å². The van der Waals surface area contributed by atoms with Gasteiger partial charge >= 0.3 is 0 Å². The van der Waals surface area contributed by atoms with Gasteiger partial charge in [-0.1, -0.05) is 6.07 Å². The van der Waals surface area contributed by atoms with Crippen LogP contribution in [-0.2, 0) is 9.53 Å². The topological polar surface area (TPSA) is 59.0 Å². The molecule has 0 radical (unpaired) electrons. The first-order valence-electron chi connectivity index (χ1n) is 6.54. The molecule has 1 atom stereocenters. The van der Waals surface area contributed by atoms with Gasteiger partial charge in [-0.15, -0.1) is 0 Å². The number of nitrogens with zero attached hydrogens (tertiary/aromatic N) is 1. The molecular weight excluding hydrogens is 265 g/mol. The van der Waals surface area contributed by atoms with Gasteiger partial charge in [0, 0.05) is 13.1 Å². The van der Waals surface area contributed by atoms with Gasteiger partial charge in [-0.2, -0.15) is 0 Å². The van der Waals surface area contributed by atoms with Crippen molar-refractivity contribution in [2.45, 2.75) is 13.0 Å². The lowest BCUT2D eigenvalue weighted by Gasteiger charge is -2.26. The minimum absolute atomic E-state index is 0.0102. The molecule has 6 heteroatoms. The fraction of sp³-hybridized carbons (Fsp3) is 0.500. The van der Waals surface area contributed by atoms with Crippen molar-refractivity contribution in [3.8, 4) is 5.75 Å². The van der Waals surface area contributed by atoms with Crippen LogP contribution in [0.3, 0.4) is 0 Å². The molecule has 1 aliphatic rings. The number of hydrogen-bond acceptors (Lipinski definition) is 4. The Kier molecular flexibility index (Phi) is 4.92. The van der Waals surface area contributed by atoms with Crippen molar-refractivity contribution in [3.05, 3.63) is 29.6 Å². The zero-order valence-electron chi connectivity index (χ0n) is 11.3. The molecule has 110 valence electrons. The number of benzene rings is 1. The van der Waals surface area contributed by atoms with Crippen molar-refractivity contribution in [2.24, 2.45) is 0 Å². The maximum Gasteiger partial charge on any atom is 0.260 e. The fourth-order valence-electron chi connectivity index (χ4n) is 1.94. The van der Waals surface area contributed by atoms with Gasteiger partial charge in [-0.25, -0.2) is 4.39 Å². The zero-order chi connectivity index (χ0) is 14.5. The van der Waals surface area contributed by atoms with Gasteiger partial charge in [-0.05, 0) is 24.6 Å². The SMILES string of the molecule is C[C@H](O)c1ccc(OCC(=O)N2CCOCC2)c(F)c1. The van der Waals surface area contributed by atoms with Crippen molar-refractivity contribution in [1.29, 1.82) is 0 Å². The van der Waals surface area contributed by atoms with Gasteiger partial charge < -0.3 is 19.5 Å². The number of amides is 1. The first-order chi connectivity index (χ1) is 9.58. The van der Waals surface area contributed by atoms with E-state index >= 15 is 0 Å². The number of carbonyl (C=O) groups is 1. The monoisotopic (exact) mass is 283 g/mol. The van der Waals surface area contributed by atoms with Gasteiger partial charge in [0.25, 0.3) is 5.91 Å². The quantitative estimate of drug-likeness (QED) is 0.899. The number of halogens is 1. The van der Waals surface area contributed by atoms with Crippen LogP contribution in [0.1, 0.15) is 18.6 Å². The third-order valence-corrected chi connectivity index (χ3v) is 3.15. The van der Waals surface area contributed by atoms with Crippen LogP contribution in [0.25, 0.3) is 0 Å². The summed E-state index contributed by atoms with van der Waals surface area (Å²) in [5.41, 5.74) is 0.467. The Balaban J connectivity index is 1.91. The second kappa shape index (κ2) is 6.67. The van der Waals surface area contributed by atoms with E-state index in [1.807, 2.05) is 0 Å². The lowest BCUT2D eigenvalue weighted by atomic mass is 10.1. The molecule has 0 unspecified atom stereocenters. The summed E-state index contributed by atoms with van der Waals surface area (Å²) in [6.45, 7) is 3.45. The molecule has 2 rings (SSSR count). The molecule has 1 N–H and O–H groups in total. The van der Waals surface area contributed by atoms with Gasteiger partial charge in [0.1, 0.15) is 0 Å². The Bertz CT molecular complexity index is 472. The highest BCUT2D eigenvalue weighted by Crippen LogP contribution is 2.22. The lowest BCUT2D eigenvalue weighted by Crippen LogP contribution is -2.43. The summed E-state index contributed by atoms with van der Waals surface area (Å²) in [4.78, 5) is 13.5. The van der Waals surface area contributed by atoms with Crippen LogP contribution in [0.15, 0.2) is 18.2 Å². The van der Waals surface area contributed by atoms with E-state index in [0.717, 1.165) is 0 Å². The van der Waals surface area contributed by atoms with Gasteiger partial charge in [0.2, 0.25) is 0 Å². The van der Waals surface area contributed by atoms with Gasteiger partial charge in [-0.3, -0.25) is 4.79 Å². The van der Waals surface area contributed by atoms with Crippen LogP contribution in [0, 0.1) is 5.82 Å². The van der Waals surface area contributed by atoms with E-state index in [1.165, 1.54) is 12.1 Å². The number of aliphatic hydroxyl groups excluding tert-OH is 1. The number of morpholine rings is 1. The predicted octanol–water partition coefficient (Wildman–Crippen LogP) is 1.12. The smallest absolute Gasteiger partial charge is 0.260 e. The van der Waals surface area contributed by atoms with Gasteiger partial charge in [0.15, 0.2) is 18.2 Å². The van der Waals surface area contributed by atoms with Crippen LogP contribution < -0.4 is 4.74 Å². The summed E-state index contributed by atoms with van der Waals surface area (Å²) < 4.78 is 24.1. The molecule has 1 aliphatic heterocycles. The number of rotatable bonds is 4. The maximum atomic E-state index is 13.7. The number of aliphatic hydroxyl groups is 1. The highest BCUT2D eigenvalue weighted by atomic mass is 19.1. The second-order valence-electron chi connectivity index (χ2n) is 4.65. The van der Waals surface area contributed by atoms with Crippen LogP contribution in [-0.4, -0.2) is 48.8 Å². The molecule has 1 aromatic rings. The molecule has 0 spiro atoms. The average molecular weight is 283 g/mol. The molecule has 0 aliphatic carbocycles. The highest BCUT2D eigenvalue weighted by Gasteiger charge is 2.18. The second-order valence-corrected chi connectivity index (χ2v) is 4.65. The third kappa shape index (κ3) is 3.68. The Morgan fingerprint density at radius 3 is 2.80 bits per heavy atom. The molecule has 5 nitrogen and oxygen atoms in total. The van der Waals surface area contributed by atoms with E-state index in [1.54, 1.807) is 17.9 Å². The van der Waals surface area contributed by atoms with Gasteiger partial charge in [0.05, 0.1) is 19.3 Å². The largest absolute Gasteiger partial charge is 0.481 e. The fourth-order valence-corrected chi connectivity index (χ4v) is 1.94. The first kappa shape index (κ1) is 14.7. The van der Waals surface area contributed by atoms with Crippen LogP contribution in [0.5, 0.6) is 5.75 Å². The Morgan fingerprint density at radius 1 is 1.50 bits per heavy atom. The number of ether oxygens (including phenoxy) is 2. The van der Waals surface area contributed by atoms with Crippen LogP contribution in [0.4, 0.5) is 4.39 Å². The Morgan fingerprint density at radius 2 is 2.20 bits per heavy atom. The molecule has 0 saturated carbocycles. The summed E-state index contributed by atoms with van der Waals surface area (Å²) in [5, 5.41) is 9.35. The minimum Gasteiger partial charge on any atom is -0.481 e. The summed E-state index contributed by atoms with van der Waals surface area (Å²) in [7, 11) is 0. The van der Waals surface area contributed by atoms with Crippen LogP contribution >= 0.6 is 0 Å². The molecule has 1 aromatic carbocycles. The van der Waals surface area contributed by atoms with E-state index in [-0.39, 0.29) is 18.3 Å². The first-order valence-corrected chi connectivity index (χ1v) is 6.54. The van der Waals surface area contributed by atoms with Crippen LogP contribution in [0.2, 0.25) is 0 Å². The minimum atomic E-state index is -0.742. The van der Waals surface area contributed by atoms with E-state index in [2.05, 4.69) is 0 Å². The molecular formula is C14H18FNO4. The zero-order valence-corrected chi connectivity index (χ0v) is 11.3. The van der Waals surface area contributed by atoms with Crippen molar-refractivity contribution in [3.63, 3.8) is 0 Å². The van der Waals surface area contributed by atoms with E-state index < -0.39 is 11.9 Å². The van der Waals surface area contributed by atoms with Crippen molar-refractivity contribution in [2.75, 3.05) is 32.9 Å². The highest BCUT2D eigenvalue weighted by molar-refractivity contribution is 5.77. The molecule has 1 saturated heterocycles. The molecule has 0 aromatic heterocycles. The van der Waals surface area contributed by atoms with Crippen molar-refractivity contribution < 1.29 is 23.8 Å². The molecule has 20 heavy (non-hydrogen) atoms. The van der Waals surface area contributed by atoms with E-state index in [0.29, 0.717) is 31.9 Å². The normalized spacial score (nSPS) is 16.9. The molecule has 1 amide bonds. The van der Waals surface area contributed by atoms with E-state index in [4.69, 9.17) is 9.47 Å². The van der Waals surface area contributed by atoms with Crippen molar-refractivity contribution in [1.82, 2.24) is 4.90 Å². The number of hydrogen-bond donors (Lipinski definition) is 1. The lowest BCUT2D eigenvalue weighted by molar-refractivity contribution is -0.137. The molecule has 0 bridgehead atoms. The standard InChI is InChI=1S/C14H18FNO4/c1-10(17)11-2-3-13(12(15)8-11)20-9-14(18)16-4-6-19-7-5-16/h2-3,8,10,17H,4-7,9H2,1H3/t10-/m0/s1. The number of carbonyl (C=O) groups excluding carboxylic acids is 1. The summed E-state index contributed by atoms with van der Waals surface area (Å²) in [6, 6.07) is 4.20. The third-order valence-electron chi connectivity index (χ3n) is 3.15. The van der Waals surface area contributed by atoms with E-state index in [9.17, 15) is 14.3 Å².